The van der Waals surface area contributed by atoms with Crippen molar-refractivity contribution in [1.29, 1.82) is 0 Å². The van der Waals surface area contributed by atoms with Crippen LogP contribution in [0.1, 0.15) is 5.56 Å². The van der Waals surface area contributed by atoms with Gasteiger partial charge in [-0.2, -0.15) is 5.10 Å². The van der Waals surface area contributed by atoms with E-state index in [-0.39, 0.29) is 4.90 Å². The van der Waals surface area contributed by atoms with Gasteiger partial charge in [-0.3, -0.25) is 9.10 Å². The number of carbonyl (C=O) groups is 1. The molecule has 11 heteroatoms. The average molecular weight is 611 g/mol. The zero-order chi connectivity index (χ0) is 24.7. The van der Waals surface area contributed by atoms with E-state index in [2.05, 4.69) is 42.4 Å². The molecule has 0 saturated carbocycles. The van der Waals surface area contributed by atoms with Crippen LogP contribution >= 0.6 is 31.9 Å². The van der Waals surface area contributed by atoms with Gasteiger partial charge in [0.25, 0.3) is 15.9 Å². The number of rotatable bonds is 9. The molecule has 0 atom stereocenters. The highest BCUT2D eigenvalue weighted by molar-refractivity contribution is 9.10. The maximum absolute atomic E-state index is 13.3. The number of amides is 1. The van der Waals surface area contributed by atoms with Crippen molar-refractivity contribution in [3.05, 3.63) is 81.2 Å². The molecular formula is C23H21Br2N3O5S. The Kier molecular flexibility index (Phi) is 8.70. The van der Waals surface area contributed by atoms with Gasteiger partial charge in [-0.25, -0.2) is 13.8 Å². The van der Waals surface area contributed by atoms with E-state index in [0.29, 0.717) is 31.7 Å². The van der Waals surface area contributed by atoms with Crippen LogP contribution in [0.5, 0.6) is 11.5 Å². The van der Waals surface area contributed by atoms with Crippen LogP contribution in [0.4, 0.5) is 5.69 Å². The van der Waals surface area contributed by atoms with Gasteiger partial charge < -0.3 is 9.47 Å². The van der Waals surface area contributed by atoms with Crippen LogP contribution in [0.25, 0.3) is 0 Å². The standard InChI is InChI=1S/C23H21Br2N3O5S/c1-32-21-12-16(11-20(25)23(21)33-2)14-26-27-22(29)15-28(18-8-6-7-17(24)13-18)34(30,31)19-9-4-3-5-10-19/h3-14H,15H2,1-2H3,(H,27,29)/b26-14-. The lowest BCUT2D eigenvalue weighted by Crippen LogP contribution is -2.39. The Hall–Kier alpha value is -2.89. The second kappa shape index (κ2) is 11.5. The van der Waals surface area contributed by atoms with E-state index in [0.717, 1.165) is 4.31 Å². The molecule has 178 valence electrons. The molecule has 0 unspecified atom stereocenters. The van der Waals surface area contributed by atoms with Crippen LogP contribution in [0.15, 0.2) is 85.7 Å². The third-order valence-corrected chi connectivity index (χ3v) is 7.44. The number of halogens is 2. The summed E-state index contributed by atoms with van der Waals surface area (Å²) in [6.45, 7) is -0.472. The Morgan fingerprint density at radius 2 is 1.76 bits per heavy atom. The molecule has 3 aromatic rings. The van der Waals surface area contributed by atoms with Crippen LogP contribution in [0.2, 0.25) is 0 Å². The van der Waals surface area contributed by atoms with Gasteiger partial charge in [-0.1, -0.05) is 40.2 Å². The van der Waals surface area contributed by atoms with Gasteiger partial charge in [0, 0.05) is 4.47 Å². The van der Waals surface area contributed by atoms with Crippen molar-refractivity contribution >= 4 is 59.7 Å². The molecule has 1 N–H and O–H groups in total. The minimum atomic E-state index is -4.00. The molecule has 8 nitrogen and oxygen atoms in total. The van der Waals surface area contributed by atoms with Crippen molar-refractivity contribution in [1.82, 2.24) is 5.43 Å². The third kappa shape index (κ3) is 6.16. The van der Waals surface area contributed by atoms with Crippen LogP contribution in [0, 0.1) is 0 Å². The number of ether oxygens (including phenoxy) is 2. The molecule has 0 spiro atoms. The monoisotopic (exact) mass is 609 g/mol. The number of methoxy groups -OCH3 is 2. The van der Waals surface area contributed by atoms with Gasteiger partial charge in [0.05, 0.1) is 35.5 Å². The normalized spacial score (nSPS) is 11.3. The first-order valence-corrected chi connectivity index (χ1v) is 12.9. The number of sulfonamides is 1. The lowest BCUT2D eigenvalue weighted by atomic mass is 10.2. The highest BCUT2D eigenvalue weighted by Crippen LogP contribution is 2.35. The number of hydrazone groups is 1. The molecule has 3 rings (SSSR count). The molecule has 0 fully saturated rings. The highest BCUT2D eigenvalue weighted by Gasteiger charge is 2.27. The van der Waals surface area contributed by atoms with Gasteiger partial charge in [0.2, 0.25) is 0 Å². The van der Waals surface area contributed by atoms with E-state index in [1.165, 1.54) is 32.6 Å². The predicted molar refractivity (Wildman–Crippen MR) is 138 cm³/mol. The van der Waals surface area contributed by atoms with Crippen molar-refractivity contribution in [3.63, 3.8) is 0 Å². The first kappa shape index (κ1) is 25.7. The predicted octanol–water partition coefficient (Wildman–Crippen LogP) is 4.57. The lowest BCUT2D eigenvalue weighted by molar-refractivity contribution is -0.119. The van der Waals surface area contributed by atoms with Crippen molar-refractivity contribution in [2.24, 2.45) is 5.10 Å². The van der Waals surface area contributed by atoms with Crippen molar-refractivity contribution < 1.29 is 22.7 Å². The van der Waals surface area contributed by atoms with E-state index >= 15 is 0 Å². The van der Waals surface area contributed by atoms with Crippen LogP contribution < -0.4 is 19.2 Å². The molecule has 0 aliphatic heterocycles. The second-order valence-corrected chi connectivity index (χ2v) is 10.5. The summed E-state index contributed by atoms with van der Waals surface area (Å²) in [5.74, 6) is 0.397. The molecule has 3 aromatic carbocycles. The maximum Gasteiger partial charge on any atom is 0.264 e. The minimum Gasteiger partial charge on any atom is -0.493 e. The van der Waals surface area contributed by atoms with Crippen molar-refractivity contribution in [2.75, 3.05) is 25.1 Å². The van der Waals surface area contributed by atoms with Crippen LogP contribution in [-0.2, 0) is 14.8 Å². The van der Waals surface area contributed by atoms with Gasteiger partial charge in [0.1, 0.15) is 6.54 Å². The fraction of sp³-hybridized carbons (Fsp3) is 0.130. The maximum atomic E-state index is 13.3. The second-order valence-electron chi connectivity index (χ2n) is 6.84. The van der Waals surface area contributed by atoms with Crippen molar-refractivity contribution in [2.45, 2.75) is 4.90 Å². The molecule has 0 heterocycles. The number of benzene rings is 3. The van der Waals surface area contributed by atoms with E-state index in [4.69, 9.17) is 9.47 Å². The van der Waals surface area contributed by atoms with Crippen molar-refractivity contribution in [3.8, 4) is 11.5 Å². The van der Waals surface area contributed by atoms with Crippen LogP contribution in [0.3, 0.4) is 0 Å². The Labute approximate surface area is 214 Å². The fourth-order valence-corrected chi connectivity index (χ4v) is 5.47. The topological polar surface area (TPSA) is 97.3 Å². The van der Waals surface area contributed by atoms with Gasteiger partial charge in [0.15, 0.2) is 11.5 Å². The molecule has 0 saturated heterocycles. The van der Waals surface area contributed by atoms with E-state index < -0.39 is 22.5 Å². The number of hydrogen-bond donors (Lipinski definition) is 1. The number of nitrogens with zero attached hydrogens (tertiary/aromatic N) is 2. The highest BCUT2D eigenvalue weighted by atomic mass is 79.9. The molecule has 0 aliphatic carbocycles. The van der Waals surface area contributed by atoms with Gasteiger partial charge >= 0.3 is 0 Å². The molecule has 1 amide bonds. The van der Waals surface area contributed by atoms with Gasteiger partial charge in [-0.15, -0.1) is 0 Å². The fourth-order valence-electron chi connectivity index (χ4n) is 3.02. The Morgan fingerprint density at radius 3 is 2.41 bits per heavy atom. The minimum absolute atomic E-state index is 0.0708. The molecular weight excluding hydrogens is 590 g/mol. The Balaban J connectivity index is 1.82. The first-order valence-electron chi connectivity index (χ1n) is 9.83. The molecule has 0 bridgehead atoms. The number of nitrogens with one attached hydrogen (secondary N) is 1. The molecule has 34 heavy (non-hydrogen) atoms. The average Bonchev–Trinajstić information content (AvgIpc) is 2.82. The summed E-state index contributed by atoms with van der Waals surface area (Å²) in [5.41, 5.74) is 3.34. The Bertz CT molecular complexity index is 1300. The van der Waals surface area contributed by atoms with E-state index in [1.807, 2.05) is 0 Å². The van der Waals surface area contributed by atoms with E-state index in [1.54, 1.807) is 54.6 Å². The first-order chi connectivity index (χ1) is 16.3. The number of anilines is 1. The summed E-state index contributed by atoms with van der Waals surface area (Å²) in [4.78, 5) is 12.7. The Morgan fingerprint density at radius 1 is 1.03 bits per heavy atom. The number of carbonyl (C=O) groups excluding carboxylic acids is 1. The molecule has 0 aromatic heterocycles. The van der Waals surface area contributed by atoms with E-state index in [9.17, 15) is 13.2 Å². The summed E-state index contributed by atoms with van der Waals surface area (Å²) in [6.07, 6.45) is 1.42. The van der Waals surface area contributed by atoms with Gasteiger partial charge in [-0.05, 0) is 64.0 Å². The zero-order valence-electron chi connectivity index (χ0n) is 18.2. The largest absolute Gasteiger partial charge is 0.493 e. The van der Waals surface area contributed by atoms with Crippen LogP contribution in [-0.4, -0.2) is 41.3 Å². The smallest absolute Gasteiger partial charge is 0.264 e. The SMILES string of the molecule is COc1cc(/C=N\NC(=O)CN(c2cccc(Br)c2)S(=O)(=O)c2ccccc2)cc(Br)c1OC. The quantitative estimate of drug-likeness (QED) is 0.283. The summed E-state index contributed by atoms with van der Waals surface area (Å²) >= 11 is 6.74. The molecule has 0 radical (unpaired) electrons. The summed E-state index contributed by atoms with van der Waals surface area (Å²) in [7, 11) is -0.967. The summed E-state index contributed by atoms with van der Waals surface area (Å²) in [6, 6.07) is 18.0. The summed E-state index contributed by atoms with van der Waals surface area (Å²) in [5, 5.41) is 3.96. The zero-order valence-corrected chi connectivity index (χ0v) is 22.2. The molecule has 0 aliphatic rings. The lowest BCUT2D eigenvalue weighted by Gasteiger charge is -2.23. The number of hydrogen-bond acceptors (Lipinski definition) is 6. The third-order valence-electron chi connectivity index (χ3n) is 4.57. The summed E-state index contributed by atoms with van der Waals surface area (Å²) < 4.78 is 39.5.